The van der Waals surface area contributed by atoms with Gasteiger partial charge in [-0.1, -0.05) is 0 Å². The predicted molar refractivity (Wildman–Crippen MR) is 73.5 cm³/mol. The van der Waals surface area contributed by atoms with Gasteiger partial charge in [-0.2, -0.15) is 0 Å². The summed E-state index contributed by atoms with van der Waals surface area (Å²) >= 11 is 7.50. The van der Waals surface area contributed by atoms with Crippen LogP contribution in [0.2, 0.25) is 5.02 Å². The minimum absolute atomic E-state index is 0.466. The molecular formula is C12H19AsClNO2. The number of pyridine rings is 1. The van der Waals surface area contributed by atoms with Gasteiger partial charge in [0.15, 0.2) is 0 Å². The van der Waals surface area contributed by atoms with Gasteiger partial charge in [-0.05, 0) is 0 Å². The van der Waals surface area contributed by atoms with Crippen molar-refractivity contribution in [2.45, 2.75) is 26.7 Å². The van der Waals surface area contributed by atoms with Gasteiger partial charge in [0.1, 0.15) is 0 Å². The van der Waals surface area contributed by atoms with Crippen LogP contribution in [0.5, 0.6) is 11.8 Å². The van der Waals surface area contributed by atoms with Crippen molar-refractivity contribution in [3.8, 4) is 11.8 Å². The van der Waals surface area contributed by atoms with Gasteiger partial charge in [-0.15, -0.1) is 0 Å². The van der Waals surface area contributed by atoms with E-state index in [9.17, 15) is 0 Å². The molecule has 1 heterocycles. The van der Waals surface area contributed by atoms with Crippen LogP contribution in [0.1, 0.15) is 26.7 Å². The van der Waals surface area contributed by atoms with Crippen molar-refractivity contribution >= 4 is 32.8 Å². The number of hydrogen-bond acceptors (Lipinski definition) is 3. The Balaban J connectivity index is 2.58. The molecule has 1 aromatic rings. The summed E-state index contributed by atoms with van der Waals surface area (Å²) < 4.78 is 11.7. The molecule has 0 amide bonds. The van der Waals surface area contributed by atoms with E-state index in [1.54, 1.807) is 7.11 Å². The predicted octanol–water partition coefficient (Wildman–Crippen LogP) is 1.82. The summed E-state index contributed by atoms with van der Waals surface area (Å²) in [6.07, 6.45) is 2.15. The zero-order valence-electron chi connectivity index (χ0n) is 10.5. The molecule has 1 aromatic heterocycles. The first kappa shape index (κ1) is 14.7. The third kappa shape index (κ3) is 4.77. The van der Waals surface area contributed by atoms with E-state index in [0.29, 0.717) is 29.3 Å². The molecule has 1 unspecified atom stereocenters. The van der Waals surface area contributed by atoms with Crippen LogP contribution < -0.4 is 13.8 Å². The third-order valence-corrected chi connectivity index (χ3v) is 3.43. The normalized spacial score (nSPS) is 10.7. The van der Waals surface area contributed by atoms with Gasteiger partial charge >= 0.3 is 116 Å². The molecule has 1 rings (SSSR count). The molecule has 0 saturated carbocycles. The molecule has 0 N–H and O–H groups in total. The topological polar surface area (TPSA) is 31.4 Å². The molecule has 0 aliphatic carbocycles. The fourth-order valence-electron chi connectivity index (χ4n) is 1.40. The van der Waals surface area contributed by atoms with Crippen LogP contribution in [-0.2, 0) is 0 Å². The van der Waals surface area contributed by atoms with Gasteiger partial charge in [0, 0.05) is 0 Å². The number of rotatable bonds is 6. The van der Waals surface area contributed by atoms with E-state index in [4.69, 9.17) is 21.1 Å². The first-order valence-electron chi connectivity index (χ1n) is 5.67. The second kappa shape index (κ2) is 7.13. The summed E-state index contributed by atoms with van der Waals surface area (Å²) in [4.78, 5) is 4.25. The maximum absolute atomic E-state index is 6.07. The SMILES string of the molecule is COc1nc(OCCCC(C)C)c(Cl)cc1[AsH2]. The first-order valence-corrected chi connectivity index (χ1v) is 7.26. The van der Waals surface area contributed by atoms with Crippen LogP contribution in [0.15, 0.2) is 6.07 Å². The Morgan fingerprint density at radius 2 is 2.12 bits per heavy atom. The number of ether oxygens (including phenoxy) is 2. The van der Waals surface area contributed by atoms with Gasteiger partial charge in [0.05, 0.1) is 0 Å². The molecule has 3 nitrogen and oxygen atoms in total. The summed E-state index contributed by atoms with van der Waals surface area (Å²) in [5.74, 6) is 1.75. The van der Waals surface area contributed by atoms with E-state index in [2.05, 4.69) is 18.8 Å². The molecule has 0 fully saturated rings. The summed E-state index contributed by atoms with van der Waals surface area (Å²) in [6.45, 7) is 5.03. The Hall–Kier alpha value is -0.402. The Labute approximate surface area is 116 Å². The van der Waals surface area contributed by atoms with Gasteiger partial charge in [-0.3, -0.25) is 0 Å². The zero-order valence-corrected chi connectivity index (χ0v) is 13.7. The van der Waals surface area contributed by atoms with Crippen LogP contribution in [0.4, 0.5) is 0 Å². The zero-order chi connectivity index (χ0) is 12.8. The van der Waals surface area contributed by atoms with Crippen molar-refractivity contribution in [3.63, 3.8) is 0 Å². The van der Waals surface area contributed by atoms with Crippen LogP contribution in [0, 0.1) is 5.92 Å². The van der Waals surface area contributed by atoms with Gasteiger partial charge in [0.2, 0.25) is 0 Å². The summed E-state index contributed by atoms with van der Waals surface area (Å²) in [5, 5.41) is 0.551. The molecule has 0 aliphatic rings. The molecule has 0 radical (unpaired) electrons. The van der Waals surface area contributed by atoms with Crippen LogP contribution in [-0.4, -0.2) is 35.6 Å². The molecule has 0 aromatic carbocycles. The second-order valence-electron chi connectivity index (χ2n) is 4.26. The van der Waals surface area contributed by atoms with Crippen molar-refractivity contribution in [2.75, 3.05) is 13.7 Å². The van der Waals surface area contributed by atoms with Crippen LogP contribution in [0.25, 0.3) is 0 Å². The van der Waals surface area contributed by atoms with Crippen molar-refractivity contribution < 1.29 is 9.47 Å². The Morgan fingerprint density at radius 1 is 1.41 bits per heavy atom. The molecule has 1 atom stereocenters. The van der Waals surface area contributed by atoms with Crippen LogP contribution in [0.3, 0.4) is 0 Å². The minimum atomic E-state index is 0.466. The van der Waals surface area contributed by atoms with Gasteiger partial charge in [-0.25, -0.2) is 0 Å². The average Bonchev–Trinajstić information content (AvgIpc) is 2.26. The summed E-state index contributed by atoms with van der Waals surface area (Å²) in [7, 11) is 1.60. The van der Waals surface area contributed by atoms with E-state index in [0.717, 1.165) is 17.2 Å². The van der Waals surface area contributed by atoms with Crippen molar-refractivity contribution in [1.82, 2.24) is 4.98 Å². The molecule has 0 spiro atoms. The Morgan fingerprint density at radius 3 is 2.71 bits per heavy atom. The maximum atomic E-state index is 6.07. The quantitative estimate of drug-likeness (QED) is 0.592. The van der Waals surface area contributed by atoms with Crippen molar-refractivity contribution in [3.05, 3.63) is 11.1 Å². The number of methoxy groups -OCH3 is 1. The van der Waals surface area contributed by atoms with E-state index >= 15 is 0 Å². The van der Waals surface area contributed by atoms with E-state index in [-0.39, 0.29) is 0 Å². The van der Waals surface area contributed by atoms with Gasteiger partial charge < -0.3 is 0 Å². The first-order chi connectivity index (χ1) is 8.04. The van der Waals surface area contributed by atoms with E-state index < -0.39 is 0 Å². The molecule has 17 heavy (non-hydrogen) atoms. The fourth-order valence-corrected chi connectivity index (χ4v) is 2.56. The average molecular weight is 320 g/mol. The van der Waals surface area contributed by atoms with Crippen molar-refractivity contribution in [2.24, 2.45) is 5.92 Å². The second-order valence-corrected chi connectivity index (χ2v) is 5.97. The Bertz CT molecular complexity index is 372. The van der Waals surface area contributed by atoms with E-state index in [1.807, 2.05) is 6.07 Å². The molecular weight excluding hydrogens is 301 g/mol. The molecule has 0 aliphatic heterocycles. The number of halogens is 1. The fraction of sp³-hybridized carbons (Fsp3) is 0.583. The van der Waals surface area contributed by atoms with Crippen LogP contribution >= 0.6 is 11.6 Å². The number of nitrogens with zero attached hydrogens (tertiary/aromatic N) is 1. The monoisotopic (exact) mass is 319 g/mol. The number of aromatic nitrogens is 1. The number of hydrogen-bond donors (Lipinski definition) is 0. The standard InChI is InChI=1S/C12H19AsClNO2/c1-8(2)5-4-6-17-12-10(14)7-9(13)11(15-12)16-3/h7-8H,4-6,13H2,1-3H3. The summed E-state index contributed by atoms with van der Waals surface area (Å²) in [5.41, 5.74) is 0. The summed E-state index contributed by atoms with van der Waals surface area (Å²) in [6, 6.07) is 1.84. The van der Waals surface area contributed by atoms with Crippen molar-refractivity contribution in [1.29, 1.82) is 0 Å². The molecule has 0 saturated heterocycles. The Kier molecular flexibility index (Phi) is 6.14. The third-order valence-electron chi connectivity index (χ3n) is 2.29. The van der Waals surface area contributed by atoms with E-state index in [1.165, 1.54) is 16.9 Å². The van der Waals surface area contributed by atoms with Gasteiger partial charge in [0.25, 0.3) is 0 Å². The molecule has 5 heteroatoms. The molecule has 96 valence electrons. The molecule has 0 bridgehead atoms.